The lowest BCUT2D eigenvalue weighted by Crippen LogP contribution is -2.49. The third-order valence-corrected chi connectivity index (χ3v) is 4.68. The molecule has 26 heavy (non-hydrogen) atoms. The van der Waals surface area contributed by atoms with E-state index in [2.05, 4.69) is 4.90 Å². The Balaban J connectivity index is 1.45. The largest absolute Gasteiger partial charge is 0.493 e. The molecule has 3 rings (SSSR count). The minimum atomic E-state index is 0.116. The van der Waals surface area contributed by atoms with Crippen LogP contribution in [0.1, 0.15) is 6.42 Å². The molecule has 1 aliphatic heterocycles. The van der Waals surface area contributed by atoms with E-state index in [1.54, 1.807) is 7.11 Å². The highest BCUT2D eigenvalue weighted by molar-refractivity contribution is 6.30. The van der Waals surface area contributed by atoms with Crippen molar-refractivity contribution in [1.82, 2.24) is 4.90 Å². The summed E-state index contributed by atoms with van der Waals surface area (Å²) in [5.41, 5.74) is 1.10. The molecular formula is C20H23ClN2O3. The second-order valence-electron chi connectivity index (χ2n) is 6.10. The van der Waals surface area contributed by atoms with E-state index < -0.39 is 0 Å². The monoisotopic (exact) mass is 374 g/mol. The summed E-state index contributed by atoms with van der Waals surface area (Å²) < 4.78 is 10.9. The molecule has 5 nitrogen and oxygen atoms in total. The molecule has 0 spiro atoms. The Bertz CT molecular complexity index is 745. The molecule has 2 aromatic carbocycles. The molecule has 0 aliphatic carbocycles. The van der Waals surface area contributed by atoms with E-state index in [1.807, 2.05) is 53.4 Å². The molecular weight excluding hydrogens is 352 g/mol. The first-order valence-electron chi connectivity index (χ1n) is 8.71. The summed E-state index contributed by atoms with van der Waals surface area (Å²) in [5.74, 6) is 1.45. The van der Waals surface area contributed by atoms with Crippen molar-refractivity contribution < 1.29 is 14.3 Å². The van der Waals surface area contributed by atoms with Crippen LogP contribution in [0.2, 0.25) is 5.02 Å². The highest BCUT2D eigenvalue weighted by Crippen LogP contribution is 2.26. The molecule has 1 fully saturated rings. The van der Waals surface area contributed by atoms with Gasteiger partial charge in [-0.3, -0.25) is 4.79 Å². The van der Waals surface area contributed by atoms with Gasteiger partial charge in [0.15, 0.2) is 11.5 Å². The van der Waals surface area contributed by atoms with Crippen LogP contribution in [0.3, 0.4) is 0 Å². The van der Waals surface area contributed by atoms with Gasteiger partial charge < -0.3 is 19.3 Å². The van der Waals surface area contributed by atoms with Crippen molar-refractivity contribution in [3.63, 3.8) is 0 Å². The Morgan fingerprint density at radius 1 is 1.04 bits per heavy atom. The number of amides is 1. The predicted octanol–water partition coefficient (Wildman–Crippen LogP) is 3.47. The molecule has 1 heterocycles. The Labute approximate surface area is 159 Å². The van der Waals surface area contributed by atoms with Crippen molar-refractivity contribution in [2.24, 2.45) is 0 Å². The Kier molecular flexibility index (Phi) is 6.23. The summed E-state index contributed by atoms with van der Waals surface area (Å²) in [7, 11) is 1.60. The lowest BCUT2D eigenvalue weighted by atomic mass is 10.2. The van der Waals surface area contributed by atoms with Crippen LogP contribution in [0, 0.1) is 0 Å². The normalized spacial score (nSPS) is 14.2. The van der Waals surface area contributed by atoms with Crippen molar-refractivity contribution in [2.45, 2.75) is 6.42 Å². The van der Waals surface area contributed by atoms with E-state index >= 15 is 0 Å². The number of methoxy groups -OCH3 is 1. The predicted molar refractivity (Wildman–Crippen MR) is 103 cm³/mol. The van der Waals surface area contributed by atoms with Crippen molar-refractivity contribution in [3.8, 4) is 11.5 Å². The van der Waals surface area contributed by atoms with E-state index in [9.17, 15) is 4.79 Å². The van der Waals surface area contributed by atoms with Crippen LogP contribution in [0.25, 0.3) is 0 Å². The quantitative estimate of drug-likeness (QED) is 0.776. The van der Waals surface area contributed by atoms with E-state index in [0.29, 0.717) is 37.6 Å². The number of nitrogens with zero attached hydrogens (tertiary/aromatic N) is 2. The van der Waals surface area contributed by atoms with Crippen molar-refractivity contribution in [3.05, 3.63) is 53.6 Å². The molecule has 6 heteroatoms. The third-order valence-electron chi connectivity index (χ3n) is 4.45. The smallest absolute Gasteiger partial charge is 0.226 e. The number of rotatable bonds is 6. The van der Waals surface area contributed by atoms with Gasteiger partial charge in [0.05, 0.1) is 20.1 Å². The van der Waals surface area contributed by atoms with Crippen LogP contribution < -0.4 is 14.4 Å². The van der Waals surface area contributed by atoms with Gasteiger partial charge in [-0.25, -0.2) is 0 Å². The SMILES string of the molecule is COc1ccccc1OCCC(=O)N1CCN(c2cccc(Cl)c2)CC1. The van der Waals surface area contributed by atoms with Crippen molar-refractivity contribution >= 4 is 23.2 Å². The molecule has 0 bridgehead atoms. The molecule has 0 atom stereocenters. The van der Waals surface area contributed by atoms with Gasteiger partial charge in [0.1, 0.15) is 0 Å². The molecule has 1 amide bonds. The number of carbonyl (C=O) groups excluding carboxylic acids is 1. The Morgan fingerprint density at radius 2 is 1.77 bits per heavy atom. The van der Waals surface area contributed by atoms with Gasteiger partial charge in [0.25, 0.3) is 0 Å². The standard InChI is InChI=1S/C20H23ClN2O3/c1-25-18-7-2-3-8-19(18)26-14-9-20(24)23-12-10-22(11-13-23)17-6-4-5-16(21)15-17/h2-8,15H,9-14H2,1H3. The highest BCUT2D eigenvalue weighted by Gasteiger charge is 2.21. The minimum Gasteiger partial charge on any atom is -0.493 e. The van der Waals surface area contributed by atoms with Crippen LogP contribution in [0.15, 0.2) is 48.5 Å². The number of hydrogen-bond acceptors (Lipinski definition) is 4. The van der Waals surface area contributed by atoms with Gasteiger partial charge in [-0.05, 0) is 30.3 Å². The Hall–Kier alpha value is -2.40. The first kappa shape index (κ1) is 18.4. The van der Waals surface area contributed by atoms with Gasteiger partial charge in [0.2, 0.25) is 5.91 Å². The maximum absolute atomic E-state index is 12.4. The number of carbonyl (C=O) groups is 1. The van der Waals surface area contributed by atoms with Crippen LogP contribution in [-0.2, 0) is 4.79 Å². The number of piperazine rings is 1. The zero-order valence-corrected chi connectivity index (χ0v) is 15.6. The summed E-state index contributed by atoms with van der Waals surface area (Å²) in [6.45, 7) is 3.37. The fourth-order valence-electron chi connectivity index (χ4n) is 3.03. The average Bonchev–Trinajstić information content (AvgIpc) is 2.68. The molecule has 1 saturated heterocycles. The molecule has 2 aromatic rings. The fraction of sp³-hybridized carbons (Fsp3) is 0.350. The minimum absolute atomic E-state index is 0.116. The molecule has 0 saturated carbocycles. The lowest BCUT2D eigenvalue weighted by molar-refractivity contribution is -0.132. The maximum atomic E-state index is 12.4. The topological polar surface area (TPSA) is 42.0 Å². The summed E-state index contributed by atoms with van der Waals surface area (Å²) in [5, 5.41) is 0.731. The van der Waals surface area contributed by atoms with Crippen LogP contribution in [0.4, 0.5) is 5.69 Å². The second-order valence-corrected chi connectivity index (χ2v) is 6.53. The first-order valence-corrected chi connectivity index (χ1v) is 9.09. The summed E-state index contributed by atoms with van der Waals surface area (Å²) in [6.07, 6.45) is 0.356. The zero-order chi connectivity index (χ0) is 18.4. The average molecular weight is 375 g/mol. The van der Waals surface area contributed by atoms with E-state index in [-0.39, 0.29) is 5.91 Å². The van der Waals surface area contributed by atoms with Gasteiger partial charge in [-0.1, -0.05) is 29.8 Å². The molecule has 0 aromatic heterocycles. The number of ether oxygens (including phenoxy) is 2. The number of hydrogen-bond donors (Lipinski definition) is 0. The molecule has 0 N–H and O–H groups in total. The van der Waals surface area contributed by atoms with E-state index in [1.165, 1.54) is 0 Å². The van der Waals surface area contributed by atoms with Gasteiger partial charge in [-0.15, -0.1) is 0 Å². The highest BCUT2D eigenvalue weighted by atomic mass is 35.5. The van der Waals surface area contributed by atoms with Crippen LogP contribution in [0.5, 0.6) is 11.5 Å². The molecule has 0 unspecified atom stereocenters. The Morgan fingerprint density at radius 3 is 2.46 bits per heavy atom. The zero-order valence-electron chi connectivity index (χ0n) is 14.9. The van der Waals surface area contributed by atoms with Crippen molar-refractivity contribution in [2.75, 3.05) is 44.8 Å². The maximum Gasteiger partial charge on any atom is 0.226 e. The molecule has 1 aliphatic rings. The number of anilines is 1. The second kappa shape index (κ2) is 8.81. The third kappa shape index (κ3) is 4.61. The van der Waals surface area contributed by atoms with Crippen LogP contribution in [-0.4, -0.2) is 50.7 Å². The summed E-state index contributed by atoms with van der Waals surface area (Å²) in [4.78, 5) is 16.6. The number of para-hydroxylation sites is 2. The van der Waals surface area contributed by atoms with Gasteiger partial charge >= 0.3 is 0 Å². The molecule has 0 radical (unpaired) electrons. The van der Waals surface area contributed by atoms with Crippen LogP contribution >= 0.6 is 11.6 Å². The molecule has 138 valence electrons. The number of benzene rings is 2. The summed E-state index contributed by atoms with van der Waals surface area (Å²) in [6, 6.07) is 15.3. The number of halogens is 1. The lowest BCUT2D eigenvalue weighted by Gasteiger charge is -2.36. The fourth-order valence-corrected chi connectivity index (χ4v) is 3.22. The van der Waals surface area contributed by atoms with Gasteiger partial charge in [-0.2, -0.15) is 0 Å². The van der Waals surface area contributed by atoms with Gasteiger partial charge in [0, 0.05) is 36.9 Å². The summed E-state index contributed by atoms with van der Waals surface area (Å²) >= 11 is 6.06. The first-order chi connectivity index (χ1) is 12.7. The van der Waals surface area contributed by atoms with E-state index in [4.69, 9.17) is 21.1 Å². The van der Waals surface area contributed by atoms with Crippen molar-refractivity contribution in [1.29, 1.82) is 0 Å². The van der Waals surface area contributed by atoms with E-state index in [0.717, 1.165) is 23.8 Å².